The molecule has 0 fully saturated rings. The number of carbonyl (C=O) groups is 3. The summed E-state index contributed by atoms with van der Waals surface area (Å²) < 4.78 is 0. The predicted molar refractivity (Wildman–Crippen MR) is 73.4 cm³/mol. The number of amides is 2. The van der Waals surface area contributed by atoms with Crippen LogP contribution in [0.3, 0.4) is 0 Å². The van der Waals surface area contributed by atoms with Crippen molar-refractivity contribution in [2.24, 2.45) is 0 Å². The third kappa shape index (κ3) is 5.09. The van der Waals surface area contributed by atoms with Gasteiger partial charge in [-0.2, -0.15) is 0 Å². The largest absolute Gasteiger partial charge is 0.478 e. The third-order valence-corrected chi connectivity index (χ3v) is 2.83. The highest BCUT2D eigenvalue weighted by Crippen LogP contribution is 2.05. The van der Waals surface area contributed by atoms with Gasteiger partial charge >= 0.3 is 5.97 Å². The van der Waals surface area contributed by atoms with Gasteiger partial charge in [0.2, 0.25) is 11.8 Å². The summed E-state index contributed by atoms with van der Waals surface area (Å²) in [6, 6.07) is 6.58. The molecule has 20 heavy (non-hydrogen) atoms. The molecule has 108 valence electrons. The van der Waals surface area contributed by atoms with Crippen LogP contribution in [-0.2, 0) is 16.0 Å². The van der Waals surface area contributed by atoms with Gasteiger partial charge < -0.3 is 15.3 Å². The maximum atomic E-state index is 11.5. The fourth-order valence-electron chi connectivity index (χ4n) is 1.59. The molecule has 0 spiro atoms. The fraction of sp³-hybridized carbons (Fsp3) is 0.357. The van der Waals surface area contributed by atoms with Gasteiger partial charge in [0.15, 0.2) is 0 Å². The Morgan fingerprint density at radius 2 is 2.00 bits per heavy atom. The second-order valence-corrected chi connectivity index (χ2v) is 4.48. The molecule has 0 aromatic heterocycles. The molecule has 0 radical (unpaired) electrons. The highest BCUT2D eigenvalue weighted by atomic mass is 16.4. The Balaban J connectivity index is 2.41. The Kier molecular flexibility index (Phi) is 5.71. The first kappa shape index (κ1) is 15.7. The molecule has 0 atom stereocenters. The Hall–Kier alpha value is -2.37. The van der Waals surface area contributed by atoms with Gasteiger partial charge in [0.05, 0.1) is 12.1 Å². The second-order valence-electron chi connectivity index (χ2n) is 4.48. The van der Waals surface area contributed by atoms with Gasteiger partial charge in [-0.25, -0.2) is 4.79 Å². The highest BCUT2D eigenvalue weighted by Gasteiger charge is 2.08. The van der Waals surface area contributed by atoms with Crippen LogP contribution in [0.2, 0.25) is 0 Å². The number of nitrogens with one attached hydrogen (secondary N) is 1. The molecule has 6 nitrogen and oxygen atoms in total. The van der Waals surface area contributed by atoms with E-state index in [4.69, 9.17) is 5.11 Å². The number of hydrogen-bond donors (Lipinski definition) is 2. The summed E-state index contributed by atoms with van der Waals surface area (Å²) in [4.78, 5) is 34.6. The van der Waals surface area contributed by atoms with Gasteiger partial charge in [-0.05, 0) is 24.1 Å². The molecule has 2 amide bonds. The van der Waals surface area contributed by atoms with Crippen molar-refractivity contribution in [3.63, 3.8) is 0 Å². The van der Waals surface area contributed by atoms with E-state index in [0.29, 0.717) is 13.0 Å². The number of nitrogens with zero attached hydrogens (tertiary/aromatic N) is 1. The van der Waals surface area contributed by atoms with E-state index in [0.717, 1.165) is 5.56 Å². The van der Waals surface area contributed by atoms with Gasteiger partial charge in [-0.3, -0.25) is 9.59 Å². The fourth-order valence-corrected chi connectivity index (χ4v) is 1.59. The molecular formula is C14H18N2O4. The number of rotatable bonds is 6. The zero-order chi connectivity index (χ0) is 15.1. The van der Waals surface area contributed by atoms with Crippen LogP contribution >= 0.6 is 0 Å². The van der Waals surface area contributed by atoms with Crippen LogP contribution in [0.1, 0.15) is 22.8 Å². The van der Waals surface area contributed by atoms with Gasteiger partial charge in [-0.1, -0.05) is 12.1 Å². The van der Waals surface area contributed by atoms with Crippen LogP contribution in [0.4, 0.5) is 0 Å². The lowest BCUT2D eigenvalue weighted by molar-refractivity contribution is -0.133. The molecule has 2 N–H and O–H groups in total. The first-order chi connectivity index (χ1) is 9.40. The Morgan fingerprint density at radius 3 is 2.60 bits per heavy atom. The predicted octanol–water partition coefficient (Wildman–Crippen LogP) is 0.522. The van der Waals surface area contributed by atoms with Crippen molar-refractivity contribution in [3.05, 3.63) is 35.4 Å². The number of carbonyl (C=O) groups excluding carboxylic acids is 2. The first-order valence-corrected chi connectivity index (χ1v) is 6.21. The molecule has 0 unspecified atom stereocenters. The lowest BCUT2D eigenvalue weighted by atomic mass is 10.1. The number of likely N-dealkylation sites (N-methyl/N-ethyl adjacent to an activating group) is 1. The molecule has 0 bridgehead atoms. The molecule has 6 heteroatoms. The van der Waals surface area contributed by atoms with Gasteiger partial charge in [-0.15, -0.1) is 0 Å². The number of benzene rings is 1. The highest BCUT2D eigenvalue weighted by molar-refractivity contribution is 5.87. The lowest BCUT2D eigenvalue weighted by Gasteiger charge is -2.14. The van der Waals surface area contributed by atoms with E-state index in [1.54, 1.807) is 25.2 Å². The quantitative estimate of drug-likeness (QED) is 0.794. The topological polar surface area (TPSA) is 86.7 Å². The minimum Gasteiger partial charge on any atom is -0.478 e. The van der Waals surface area contributed by atoms with Crippen LogP contribution < -0.4 is 5.32 Å². The summed E-state index contributed by atoms with van der Waals surface area (Å²) in [5, 5.41) is 11.6. The smallest absolute Gasteiger partial charge is 0.335 e. The van der Waals surface area contributed by atoms with Crippen LogP contribution in [0.15, 0.2) is 24.3 Å². The van der Waals surface area contributed by atoms with Crippen LogP contribution in [-0.4, -0.2) is 47.9 Å². The van der Waals surface area contributed by atoms with E-state index in [2.05, 4.69) is 5.32 Å². The average Bonchev–Trinajstić information content (AvgIpc) is 2.38. The van der Waals surface area contributed by atoms with E-state index in [1.165, 1.54) is 17.9 Å². The zero-order valence-corrected chi connectivity index (χ0v) is 11.5. The SMILES string of the molecule is CC(=O)N(C)CC(=O)NCCc1cccc(C(=O)O)c1. The summed E-state index contributed by atoms with van der Waals surface area (Å²) in [6.07, 6.45) is 0.538. The zero-order valence-electron chi connectivity index (χ0n) is 11.5. The van der Waals surface area contributed by atoms with Crippen molar-refractivity contribution < 1.29 is 19.5 Å². The lowest BCUT2D eigenvalue weighted by Crippen LogP contribution is -2.38. The van der Waals surface area contributed by atoms with E-state index in [-0.39, 0.29) is 23.9 Å². The molecule has 1 aromatic carbocycles. The van der Waals surface area contributed by atoms with Crippen molar-refractivity contribution in [1.82, 2.24) is 10.2 Å². The van der Waals surface area contributed by atoms with Gasteiger partial charge in [0.25, 0.3) is 0 Å². The molecule has 0 saturated heterocycles. The number of hydrogen-bond acceptors (Lipinski definition) is 3. The van der Waals surface area contributed by atoms with Crippen molar-refractivity contribution >= 4 is 17.8 Å². The summed E-state index contributed by atoms with van der Waals surface area (Å²) in [5.41, 5.74) is 1.07. The Morgan fingerprint density at radius 1 is 1.30 bits per heavy atom. The van der Waals surface area contributed by atoms with Crippen molar-refractivity contribution in [3.8, 4) is 0 Å². The maximum absolute atomic E-state index is 11.5. The van der Waals surface area contributed by atoms with Crippen LogP contribution in [0.25, 0.3) is 0 Å². The van der Waals surface area contributed by atoms with Crippen LogP contribution in [0, 0.1) is 0 Å². The Labute approximate surface area is 117 Å². The van der Waals surface area contributed by atoms with Crippen molar-refractivity contribution in [2.45, 2.75) is 13.3 Å². The second kappa shape index (κ2) is 7.28. The Bertz CT molecular complexity index is 514. The summed E-state index contributed by atoms with van der Waals surface area (Å²) in [6.45, 7) is 1.81. The molecular weight excluding hydrogens is 260 g/mol. The number of aromatic carboxylic acids is 1. The average molecular weight is 278 g/mol. The monoisotopic (exact) mass is 278 g/mol. The minimum atomic E-state index is -0.973. The molecule has 0 aliphatic rings. The molecule has 0 aliphatic carbocycles. The number of carboxylic acids is 1. The van der Waals surface area contributed by atoms with Gasteiger partial charge in [0, 0.05) is 20.5 Å². The maximum Gasteiger partial charge on any atom is 0.335 e. The van der Waals surface area contributed by atoms with E-state index < -0.39 is 5.97 Å². The standard InChI is InChI=1S/C14H18N2O4/c1-10(17)16(2)9-13(18)15-7-6-11-4-3-5-12(8-11)14(19)20/h3-5,8H,6-7,9H2,1-2H3,(H,15,18)(H,19,20). The van der Waals surface area contributed by atoms with Crippen molar-refractivity contribution in [2.75, 3.05) is 20.1 Å². The van der Waals surface area contributed by atoms with Crippen molar-refractivity contribution in [1.29, 1.82) is 0 Å². The third-order valence-electron chi connectivity index (χ3n) is 2.83. The molecule has 1 rings (SSSR count). The molecule has 0 aliphatic heterocycles. The number of carboxylic acid groups (broad SMARTS) is 1. The minimum absolute atomic E-state index is 0.0184. The first-order valence-electron chi connectivity index (χ1n) is 6.21. The summed E-state index contributed by atoms with van der Waals surface area (Å²) >= 11 is 0. The van der Waals surface area contributed by atoms with E-state index >= 15 is 0 Å². The molecule has 0 heterocycles. The summed E-state index contributed by atoms with van der Waals surface area (Å²) in [5.74, 6) is -1.38. The van der Waals surface area contributed by atoms with Gasteiger partial charge in [0.1, 0.15) is 0 Å². The van der Waals surface area contributed by atoms with E-state index in [9.17, 15) is 14.4 Å². The van der Waals surface area contributed by atoms with Crippen LogP contribution in [0.5, 0.6) is 0 Å². The van der Waals surface area contributed by atoms with E-state index in [1.807, 2.05) is 0 Å². The normalized spacial score (nSPS) is 9.90. The summed E-state index contributed by atoms with van der Waals surface area (Å²) in [7, 11) is 1.55. The molecule has 0 saturated carbocycles. The molecule has 1 aromatic rings.